The Morgan fingerprint density at radius 1 is 1.22 bits per heavy atom. The second kappa shape index (κ2) is 10.8. The Kier molecular flexibility index (Phi) is 8.91. The van der Waals surface area contributed by atoms with Crippen LogP contribution in [-0.2, 0) is 19.2 Å². The van der Waals surface area contributed by atoms with E-state index in [0.717, 1.165) is 0 Å². The van der Waals surface area contributed by atoms with Crippen LogP contribution in [0.25, 0.3) is 0 Å². The average Bonchev–Trinajstić information content (AvgIpc) is 3.04. The predicted octanol–water partition coefficient (Wildman–Crippen LogP) is -1.85. The SMILES string of the molecule is CC(O)[C@H]1C(=O)N2C1C[C@H](SCCNC(=O)CCNC(=O)[C@@H](O)C(C)(C)CO)[C@@H]2C(=O)O. The molecule has 2 saturated heterocycles. The van der Waals surface area contributed by atoms with Gasteiger partial charge in [0.15, 0.2) is 0 Å². The number of thioether (sulfide) groups is 1. The number of carbonyl (C=O) groups excluding carboxylic acids is 3. The van der Waals surface area contributed by atoms with Gasteiger partial charge in [0.25, 0.3) is 0 Å². The zero-order chi connectivity index (χ0) is 24.2. The number of rotatable bonds is 12. The van der Waals surface area contributed by atoms with Crippen LogP contribution in [0.2, 0.25) is 0 Å². The molecule has 0 aliphatic carbocycles. The fourth-order valence-electron chi connectivity index (χ4n) is 4.03. The summed E-state index contributed by atoms with van der Waals surface area (Å²) in [5.41, 5.74) is -0.993. The number of aliphatic carboxylic acids is 1. The number of β-lactam (4-membered cyclic amide) rings is 1. The fraction of sp³-hybridized carbons (Fsp3) is 0.800. The lowest BCUT2D eigenvalue weighted by Crippen LogP contribution is -2.64. The number of fused-ring (bicyclic) bond motifs is 1. The molecule has 0 aromatic heterocycles. The van der Waals surface area contributed by atoms with Gasteiger partial charge in [-0.15, -0.1) is 0 Å². The molecule has 2 rings (SSSR count). The van der Waals surface area contributed by atoms with Crippen molar-refractivity contribution in [3.63, 3.8) is 0 Å². The second-order valence-corrected chi connectivity index (χ2v) is 10.3. The highest BCUT2D eigenvalue weighted by Crippen LogP contribution is 2.45. The quantitative estimate of drug-likeness (QED) is 0.140. The molecule has 2 fully saturated rings. The van der Waals surface area contributed by atoms with Crippen LogP contribution in [0.1, 0.15) is 33.6 Å². The number of carboxylic acid groups (broad SMARTS) is 1. The van der Waals surface area contributed by atoms with E-state index in [-0.39, 0.29) is 42.7 Å². The van der Waals surface area contributed by atoms with Gasteiger partial charge >= 0.3 is 5.97 Å². The van der Waals surface area contributed by atoms with Gasteiger partial charge in [0.05, 0.1) is 18.6 Å². The second-order valence-electron chi connectivity index (χ2n) is 8.95. The molecule has 6 atom stereocenters. The van der Waals surface area contributed by atoms with Crippen LogP contribution in [-0.4, -0.2) is 104 Å². The lowest BCUT2D eigenvalue weighted by atomic mass is 9.84. The van der Waals surface area contributed by atoms with Crippen molar-refractivity contribution >= 4 is 35.5 Å². The van der Waals surface area contributed by atoms with Crippen LogP contribution in [0.5, 0.6) is 0 Å². The third-order valence-electron chi connectivity index (χ3n) is 6.01. The number of amides is 3. The number of nitrogens with zero attached hydrogens (tertiary/aromatic N) is 1. The van der Waals surface area contributed by atoms with Gasteiger partial charge < -0.3 is 36.0 Å². The van der Waals surface area contributed by atoms with Crippen LogP contribution in [0, 0.1) is 11.3 Å². The molecule has 6 N–H and O–H groups in total. The molecule has 2 aliphatic heterocycles. The minimum atomic E-state index is -1.40. The number of carboxylic acids is 1. The standard InChI is InChI=1S/C20H33N3O8S/c1-10(25)14-11-8-12(15(19(30)31)23(11)18(14)29)32-7-6-21-13(26)4-5-22-17(28)16(27)20(2,3)9-24/h10-12,14-16,24-25,27H,4-9H2,1-3H3,(H,21,26)(H,22,28)(H,30,31)/t10?,11?,12-,14+,15+,16+/m0/s1. The average molecular weight is 476 g/mol. The number of nitrogens with one attached hydrogen (secondary N) is 2. The largest absolute Gasteiger partial charge is 0.480 e. The van der Waals surface area contributed by atoms with Crippen LogP contribution < -0.4 is 10.6 Å². The summed E-state index contributed by atoms with van der Waals surface area (Å²) >= 11 is 1.37. The normalized spacial score (nSPS) is 26.7. The zero-order valence-corrected chi connectivity index (χ0v) is 19.3. The molecule has 0 aromatic carbocycles. The van der Waals surface area contributed by atoms with E-state index in [0.29, 0.717) is 18.7 Å². The van der Waals surface area contributed by atoms with E-state index >= 15 is 0 Å². The molecular formula is C20H33N3O8S. The van der Waals surface area contributed by atoms with Crippen molar-refractivity contribution in [3.8, 4) is 0 Å². The van der Waals surface area contributed by atoms with Gasteiger partial charge in [-0.05, 0) is 13.3 Å². The molecule has 11 nitrogen and oxygen atoms in total. The summed E-state index contributed by atoms with van der Waals surface area (Å²) in [6, 6.07) is -1.21. The summed E-state index contributed by atoms with van der Waals surface area (Å²) in [5, 5.41) is 43.2. The smallest absolute Gasteiger partial charge is 0.327 e. The highest BCUT2D eigenvalue weighted by atomic mass is 32.2. The molecule has 0 aromatic rings. The molecule has 2 unspecified atom stereocenters. The van der Waals surface area contributed by atoms with Crippen molar-refractivity contribution in [2.45, 2.75) is 63.2 Å². The monoisotopic (exact) mass is 475 g/mol. The molecule has 0 spiro atoms. The molecule has 182 valence electrons. The van der Waals surface area contributed by atoms with Crippen LogP contribution in [0.4, 0.5) is 0 Å². The van der Waals surface area contributed by atoms with Gasteiger partial charge in [-0.25, -0.2) is 4.79 Å². The maximum absolute atomic E-state index is 12.2. The predicted molar refractivity (Wildman–Crippen MR) is 116 cm³/mol. The molecule has 12 heteroatoms. The first-order valence-corrected chi connectivity index (χ1v) is 11.6. The van der Waals surface area contributed by atoms with E-state index in [2.05, 4.69) is 10.6 Å². The molecular weight excluding hydrogens is 442 g/mol. The Morgan fingerprint density at radius 3 is 2.44 bits per heavy atom. The van der Waals surface area contributed by atoms with Gasteiger partial charge in [-0.2, -0.15) is 11.8 Å². The minimum absolute atomic E-state index is 0.00425. The van der Waals surface area contributed by atoms with Crippen molar-refractivity contribution in [3.05, 3.63) is 0 Å². The zero-order valence-electron chi connectivity index (χ0n) is 18.5. The first kappa shape index (κ1) is 26.4. The first-order valence-electron chi connectivity index (χ1n) is 10.6. The third kappa shape index (κ3) is 5.72. The van der Waals surface area contributed by atoms with Crippen molar-refractivity contribution in [2.24, 2.45) is 11.3 Å². The van der Waals surface area contributed by atoms with E-state index < -0.39 is 41.5 Å². The number of carbonyl (C=O) groups is 4. The molecule has 0 bridgehead atoms. The van der Waals surface area contributed by atoms with Crippen molar-refractivity contribution in [2.75, 3.05) is 25.4 Å². The molecule has 32 heavy (non-hydrogen) atoms. The van der Waals surface area contributed by atoms with Gasteiger partial charge in [0, 0.05) is 42.0 Å². The topological polar surface area (TPSA) is 176 Å². The lowest BCUT2D eigenvalue weighted by Gasteiger charge is -2.45. The van der Waals surface area contributed by atoms with E-state index in [1.54, 1.807) is 13.8 Å². The highest BCUT2D eigenvalue weighted by molar-refractivity contribution is 8.00. The van der Waals surface area contributed by atoms with Crippen molar-refractivity contribution < 1.29 is 39.6 Å². The summed E-state index contributed by atoms with van der Waals surface area (Å²) < 4.78 is 0. The van der Waals surface area contributed by atoms with Gasteiger partial charge in [-0.3, -0.25) is 14.4 Å². The summed E-state index contributed by atoms with van der Waals surface area (Å²) in [4.78, 5) is 49.0. The maximum atomic E-state index is 12.2. The number of aliphatic hydroxyl groups excluding tert-OH is 3. The number of hydrogen-bond donors (Lipinski definition) is 6. The molecule has 2 aliphatic rings. The Morgan fingerprint density at radius 2 is 1.88 bits per heavy atom. The Balaban J connectivity index is 1.70. The van der Waals surface area contributed by atoms with E-state index in [9.17, 15) is 39.6 Å². The van der Waals surface area contributed by atoms with Gasteiger partial charge in [0.1, 0.15) is 12.1 Å². The Labute approximate surface area is 190 Å². The minimum Gasteiger partial charge on any atom is -0.480 e. The van der Waals surface area contributed by atoms with Crippen LogP contribution in [0.15, 0.2) is 0 Å². The van der Waals surface area contributed by atoms with Gasteiger partial charge in [-0.1, -0.05) is 13.8 Å². The van der Waals surface area contributed by atoms with E-state index in [4.69, 9.17) is 0 Å². The number of hydrogen-bond acceptors (Lipinski definition) is 8. The Hall–Kier alpha value is -1.89. The van der Waals surface area contributed by atoms with Crippen molar-refractivity contribution in [1.82, 2.24) is 15.5 Å². The van der Waals surface area contributed by atoms with Crippen LogP contribution >= 0.6 is 11.8 Å². The Bertz CT molecular complexity index is 732. The first-order chi connectivity index (χ1) is 14.9. The number of aliphatic hydroxyl groups is 3. The van der Waals surface area contributed by atoms with E-state index in [1.807, 2.05) is 0 Å². The molecule has 0 radical (unpaired) electrons. The summed E-state index contributed by atoms with van der Waals surface area (Å²) in [6.07, 6.45) is -1.73. The summed E-state index contributed by atoms with van der Waals surface area (Å²) in [5.74, 6) is -2.49. The molecule has 2 heterocycles. The van der Waals surface area contributed by atoms with Crippen molar-refractivity contribution in [1.29, 1.82) is 0 Å². The maximum Gasteiger partial charge on any atom is 0.327 e. The summed E-state index contributed by atoms with van der Waals surface area (Å²) in [6.45, 7) is 4.57. The lowest BCUT2D eigenvalue weighted by molar-refractivity contribution is -0.169. The van der Waals surface area contributed by atoms with Gasteiger partial charge in [0.2, 0.25) is 17.7 Å². The summed E-state index contributed by atoms with van der Waals surface area (Å²) in [7, 11) is 0. The third-order valence-corrected chi connectivity index (χ3v) is 7.33. The van der Waals surface area contributed by atoms with Crippen LogP contribution in [0.3, 0.4) is 0 Å². The molecule has 0 saturated carbocycles. The molecule has 3 amide bonds. The fourth-order valence-corrected chi connectivity index (χ4v) is 5.32. The highest BCUT2D eigenvalue weighted by Gasteiger charge is 2.61. The van der Waals surface area contributed by atoms with E-state index in [1.165, 1.54) is 23.6 Å².